The fraction of sp³-hybridized carbons (Fsp3) is 0.333. The second kappa shape index (κ2) is 7.52. The molecule has 1 aliphatic carbocycles. The van der Waals surface area contributed by atoms with Gasteiger partial charge in [-0.25, -0.2) is 4.98 Å². The number of rotatable bonds is 4. The Kier molecular flexibility index (Phi) is 4.69. The molecular formula is C24H24N4O2. The number of carbonyl (C=O) groups excluding carboxylic acids is 1. The number of nitrogens with zero attached hydrogens (tertiary/aromatic N) is 4. The first kappa shape index (κ1) is 18.7. The monoisotopic (exact) mass is 400 g/mol. The van der Waals surface area contributed by atoms with E-state index in [9.17, 15) is 4.79 Å². The maximum absolute atomic E-state index is 13.6. The SMILES string of the molecule is Cc1ccc(OC2CC3CC2N(C(=O)c2ccc(C)nc2-c2ccccn2)C3)nc1. The van der Waals surface area contributed by atoms with Gasteiger partial charge < -0.3 is 9.64 Å². The highest BCUT2D eigenvalue weighted by molar-refractivity contribution is 6.00. The normalized spacial score (nSPS) is 22.3. The van der Waals surface area contributed by atoms with Gasteiger partial charge in [-0.05, 0) is 62.4 Å². The van der Waals surface area contributed by atoms with Crippen LogP contribution in [-0.2, 0) is 0 Å². The Labute approximate surface area is 176 Å². The second-order valence-corrected chi connectivity index (χ2v) is 8.26. The van der Waals surface area contributed by atoms with Crippen LogP contribution < -0.4 is 4.74 Å². The highest BCUT2D eigenvalue weighted by atomic mass is 16.5. The molecule has 3 aromatic heterocycles. The second-order valence-electron chi connectivity index (χ2n) is 8.26. The Balaban J connectivity index is 1.41. The van der Waals surface area contributed by atoms with Crippen LogP contribution in [-0.4, -0.2) is 44.4 Å². The fourth-order valence-electron chi connectivity index (χ4n) is 4.59. The molecule has 30 heavy (non-hydrogen) atoms. The number of piperidine rings is 1. The molecule has 0 spiro atoms. The number of fused-ring (bicyclic) bond motifs is 2. The van der Waals surface area contributed by atoms with Crippen LogP contribution in [0, 0.1) is 19.8 Å². The zero-order valence-corrected chi connectivity index (χ0v) is 17.2. The highest BCUT2D eigenvalue weighted by Gasteiger charge is 2.48. The van der Waals surface area contributed by atoms with E-state index in [0.717, 1.165) is 30.6 Å². The third-order valence-electron chi connectivity index (χ3n) is 6.01. The summed E-state index contributed by atoms with van der Waals surface area (Å²) in [6.45, 7) is 4.70. The van der Waals surface area contributed by atoms with E-state index in [0.29, 0.717) is 28.7 Å². The van der Waals surface area contributed by atoms with Crippen molar-refractivity contribution < 1.29 is 9.53 Å². The molecule has 3 aromatic rings. The molecule has 6 heteroatoms. The van der Waals surface area contributed by atoms with E-state index in [1.807, 2.05) is 67.4 Å². The average Bonchev–Trinajstić information content (AvgIpc) is 3.36. The molecule has 0 radical (unpaired) electrons. The lowest BCUT2D eigenvalue weighted by molar-refractivity contribution is 0.0467. The van der Waals surface area contributed by atoms with E-state index in [-0.39, 0.29) is 18.1 Å². The van der Waals surface area contributed by atoms with E-state index in [1.54, 1.807) is 6.20 Å². The van der Waals surface area contributed by atoms with Crippen LogP contribution in [0.5, 0.6) is 5.88 Å². The minimum Gasteiger partial charge on any atom is -0.472 e. The number of ether oxygens (including phenoxy) is 1. The predicted octanol–water partition coefficient (Wildman–Crippen LogP) is 3.84. The predicted molar refractivity (Wildman–Crippen MR) is 113 cm³/mol. The van der Waals surface area contributed by atoms with Crippen LogP contribution >= 0.6 is 0 Å². The van der Waals surface area contributed by atoms with Crippen LogP contribution in [0.25, 0.3) is 11.4 Å². The summed E-state index contributed by atoms with van der Waals surface area (Å²) < 4.78 is 6.18. The zero-order chi connectivity index (χ0) is 20.7. The van der Waals surface area contributed by atoms with Gasteiger partial charge in [0.2, 0.25) is 5.88 Å². The van der Waals surface area contributed by atoms with Crippen LogP contribution in [0.4, 0.5) is 0 Å². The Morgan fingerprint density at radius 1 is 1.07 bits per heavy atom. The smallest absolute Gasteiger partial charge is 0.256 e. The summed E-state index contributed by atoms with van der Waals surface area (Å²) >= 11 is 0. The molecule has 1 aliphatic heterocycles. The Morgan fingerprint density at radius 3 is 2.70 bits per heavy atom. The van der Waals surface area contributed by atoms with Gasteiger partial charge in [0.15, 0.2) is 0 Å². The van der Waals surface area contributed by atoms with Crippen molar-refractivity contribution in [3.63, 3.8) is 0 Å². The summed E-state index contributed by atoms with van der Waals surface area (Å²) in [6, 6.07) is 13.4. The van der Waals surface area contributed by atoms with Gasteiger partial charge in [-0.2, -0.15) is 0 Å². The minimum atomic E-state index is -0.0281. The molecule has 2 bridgehead atoms. The first-order valence-electron chi connectivity index (χ1n) is 10.4. The van der Waals surface area contributed by atoms with E-state index in [4.69, 9.17) is 4.74 Å². The lowest BCUT2D eigenvalue weighted by atomic mass is 10.0. The summed E-state index contributed by atoms with van der Waals surface area (Å²) in [5.74, 6) is 1.09. The summed E-state index contributed by atoms with van der Waals surface area (Å²) in [7, 11) is 0. The molecule has 3 atom stereocenters. The van der Waals surface area contributed by atoms with Crippen molar-refractivity contribution in [2.75, 3.05) is 6.54 Å². The molecule has 3 unspecified atom stereocenters. The third-order valence-corrected chi connectivity index (χ3v) is 6.01. The van der Waals surface area contributed by atoms with Crippen LogP contribution in [0.15, 0.2) is 54.9 Å². The molecule has 1 amide bonds. The number of likely N-dealkylation sites (tertiary alicyclic amines) is 1. The van der Waals surface area contributed by atoms with E-state index >= 15 is 0 Å². The molecule has 0 aromatic carbocycles. The number of amides is 1. The van der Waals surface area contributed by atoms with E-state index < -0.39 is 0 Å². The maximum Gasteiger partial charge on any atom is 0.256 e. The van der Waals surface area contributed by atoms with Crippen molar-refractivity contribution in [1.29, 1.82) is 0 Å². The molecular weight excluding hydrogens is 376 g/mol. The largest absolute Gasteiger partial charge is 0.472 e. The number of aromatic nitrogens is 3. The molecule has 5 rings (SSSR count). The maximum atomic E-state index is 13.6. The van der Waals surface area contributed by atoms with Crippen LogP contribution in [0.3, 0.4) is 0 Å². The Morgan fingerprint density at radius 2 is 1.97 bits per heavy atom. The van der Waals surface area contributed by atoms with Crippen molar-refractivity contribution in [2.45, 2.75) is 38.8 Å². The Hall–Kier alpha value is -3.28. The number of hydrogen-bond donors (Lipinski definition) is 0. The zero-order valence-electron chi connectivity index (χ0n) is 17.2. The number of carbonyl (C=O) groups is 1. The lowest BCUT2D eigenvalue weighted by Gasteiger charge is -2.33. The van der Waals surface area contributed by atoms with Crippen molar-refractivity contribution in [3.05, 3.63) is 71.7 Å². The van der Waals surface area contributed by atoms with Gasteiger partial charge in [0, 0.05) is 30.7 Å². The number of hydrogen-bond acceptors (Lipinski definition) is 5. The summed E-state index contributed by atoms with van der Waals surface area (Å²) in [6.07, 6.45) is 5.44. The lowest BCUT2D eigenvalue weighted by Crippen LogP contribution is -2.47. The summed E-state index contributed by atoms with van der Waals surface area (Å²) in [4.78, 5) is 29.0. The summed E-state index contributed by atoms with van der Waals surface area (Å²) in [5, 5.41) is 0. The van der Waals surface area contributed by atoms with Gasteiger partial charge in [-0.3, -0.25) is 14.8 Å². The molecule has 2 aliphatic rings. The van der Waals surface area contributed by atoms with Crippen molar-refractivity contribution in [3.8, 4) is 17.3 Å². The van der Waals surface area contributed by atoms with Crippen molar-refractivity contribution >= 4 is 5.91 Å². The molecule has 2 fully saturated rings. The quantitative estimate of drug-likeness (QED) is 0.666. The molecule has 0 N–H and O–H groups in total. The first-order chi connectivity index (χ1) is 14.6. The molecule has 152 valence electrons. The van der Waals surface area contributed by atoms with Gasteiger partial charge >= 0.3 is 0 Å². The molecule has 1 saturated heterocycles. The van der Waals surface area contributed by atoms with Crippen LogP contribution in [0.1, 0.15) is 34.5 Å². The average molecular weight is 400 g/mol. The Bertz CT molecular complexity index is 1070. The van der Waals surface area contributed by atoms with Gasteiger partial charge in [-0.15, -0.1) is 0 Å². The van der Waals surface area contributed by atoms with Crippen molar-refractivity contribution in [2.24, 2.45) is 5.92 Å². The number of aryl methyl sites for hydroxylation is 2. The highest BCUT2D eigenvalue weighted by Crippen LogP contribution is 2.40. The molecule has 6 nitrogen and oxygen atoms in total. The van der Waals surface area contributed by atoms with Gasteiger partial charge in [0.1, 0.15) is 11.8 Å². The topological polar surface area (TPSA) is 68.2 Å². The third kappa shape index (κ3) is 3.43. The van der Waals surface area contributed by atoms with Gasteiger partial charge in [0.25, 0.3) is 5.91 Å². The fourth-order valence-corrected chi connectivity index (χ4v) is 4.59. The van der Waals surface area contributed by atoms with E-state index in [2.05, 4.69) is 15.0 Å². The van der Waals surface area contributed by atoms with Crippen LogP contribution in [0.2, 0.25) is 0 Å². The van der Waals surface area contributed by atoms with Crippen molar-refractivity contribution in [1.82, 2.24) is 19.9 Å². The van der Waals surface area contributed by atoms with Gasteiger partial charge in [0.05, 0.1) is 17.3 Å². The first-order valence-corrected chi connectivity index (χ1v) is 10.4. The number of pyridine rings is 3. The summed E-state index contributed by atoms with van der Waals surface area (Å²) in [5.41, 5.74) is 3.91. The standard InChI is InChI=1S/C24H24N4O2/c1-15-6-9-22(26-13-15)30-21-12-17-11-20(21)28(14-17)24(29)18-8-7-16(2)27-23(18)19-5-3-4-10-25-19/h3-10,13,17,20-21H,11-12,14H2,1-2H3. The van der Waals surface area contributed by atoms with E-state index in [1.165, 1.54) is 0 Å². The molecule has 4 heterocycles. The molecule has 1 saturated carbocycles. The van der Waals surface area contributed by atoms with Gasteiger partial charge in [-0.1, -0.05) is 12.1 Å². The minimum absolute atomic E-state index is 0.000758.